The van der Waals surface area contributed by atoms with Crippen molar-refractivity contribution in [1.29, 1.82) is 0 Å². The number of nitrogens with one attached hydrogen (secondary N) is 2. The van der Waals surface area contributed by atoms with Crippen LogP contribution in [0.2, 0.25) is 0 Å². The Balaban J connectivity index is 3.06. The topological polar surface area (TPSA) is 95.1 Å². The molecule has 0 fully saturated rings. The number of carbonyl (C=O) groups excluding carboxylic acids is 2. The second-order valence-corrected chi connectivity index (χ2v) is 4.10. The number of amides is 2. The standard InChI is InChI=1S/C13H26N2O6/c1-12(16)14-3-5-19-7-9-21-10-8-20-6-4-15-13(17)11-18-2/h3-11H2,1-2H3,(H,14,16)(H,15,17). The summed E-state index contributed by atoms with van der Waals surface area (Å²) in [7, 11) is 1.47. The van der Waals surface area contributed by atoms with Crippen LogP contribution in [0.3, 0.4) is 0 Å². The first kappa shape index (κ1) is 19.8. The predicted molar refractivity (Wildman–Crippen MR) is 76.0 cm³/mol. The number of carbonyl (C=O) groups is 2. The van der Waals surface area contributed by atoms with E-state index in [2.05, 4.69) is 15.4 Å². The van der Waals surface area contributed by atoms with Gasteiger partial charge in [0.1, 0.15) is 6.61 Å². The van der Waals surface area contributed by atoms with Crippen LogP contribution in [0.4, 0.5) is 0 Å². The molecule has 0 saturated heterocycles. The minimum Gasteiger partial charge on any atom is -0.377 e. The summed E-state index contributed by atoms with van der Waals surface area (Å²) < 4.78 is 20.5. The molecule has 8 heteroatoms. The first-order valence-corrected chi connectivity index (χ1v) is 6.90. The third kappa shape index (κ3) is 16.7. The molecule has 21 heavy (non-hydrogen) atoms. The van der Waals surface area contributed by atoms with Gasteiger partial charge in [0.05, 0.1) is 39.6 Å². The highest BCUT2D eigenvalue weighted by Gasteiger charge is 1.98. The van der Waals surface area contributed by atoms with Crippen LogP contribution in [0.5, 0.6) is 0 Å². The third-order valence-electron chi connectivity index (χ3n) is 2.21. The largest absolute Gasteiger partial charge is 0.377 e. The molecule has 0 aromatic carbocycles. The van der Waals surface area contributed by atoms with Gasteiger partial charge in [-0.15, -0.1) is 0 Å². The van der Waals surface area contributed by atoms with E-state index in [0.717, 1.165) is 0 Å². The minimum atomic E-state index is -0.159. The van der Waals surface area contributed by atoms with Crippen LogP contribution in [-0.4, -0.2) is 78.3 Å². The number of hydrogen-bond donors (Lipinski definition) is 2. The van der Waals surface area contributed by atoms with Crippen LogP contribution in [-0.2, 0) is 28.5 Å². The van der Waals surface area contributed by atoms with Crippen molar-refractivity contribution in [1.82, 2.24) is 10.6 Å². The Hall–Kier alpha value is -1.22. The Bertz CT molecular complexity index is 275. The van der Waals surface area contributed by atoms with E-state index >= 15 is 0 Å². The van der Waals surface area contributed by atoms with Gasteiger partial charge < -0.3 is 29.6 Å². The Kier molecular flexibility index (Phi) is 14.3. The molecule has 0 aromatic rings. The van der Waals surface area contributed by atoms with E-state index in [4.69, 9.17) is 14.2 Å². The molecule has 0 radical (unpaired) electrons. The van der Waals surface area contributed by atoms with Crippen molar-refractivity contribution in [3.8, 4) is 0 Å². The first-order valence-electron chi connectivity index (χ1n) is 6.90. The van der Waals surface area contributed by atoms with Gasteiger partial charge in [-0.05, 0) is 0 Å². The normalized spacial score (nSPS) is 10.4. The Morgan fingerprint density at radius 1 is 0.810 bits per heavy atom. The van der Waals surface area contributed by atoms with E-state index in [9.17, 15) is 9.59 Å². The van der Waals surface area contributed by atoms with Crippen LogP contribution in [0, 0.1) is 0 Å². The third-order valence-corrected chi connectivity index (χ3v) is 2.21. The summed E-state index contributed by atoms with van der Waals surface area (Å²) in [5, 5.41) is 5.27. The Morgan fingerprint density at radius 2 is 1.29 bits per heavy atom. The Labute approximate surface area is 125 Å². The van der Waals surface area contributed by atoms with Gasteiger partial charge in [-0.3, -0.25) is 9.59 Å². The lowest BCUT2D eigenvalue weighted by Gasteiger charge is -2.07. The molecule has 0 aromatic heterocycles. The molecule has 124 valence electrons. The molecule has 0 saturated carbocycles. The van der Waals surface area contributed by atoms with E-state index in [1.165, 1.54) is 14.0 Å². The molecule has 2 amide bonds. The van der Waals surface area contributed by atoms with Crippen LogP contribution < -0.4 is 10.6 Å². The Morgan fingerprint density at radius 3 is 1.76 bits per heavy atom. The maximum atomic E-state index is 11.0. The zero-order valence-electron chi connectivity index (χ0n) is 12.8. The van der Waals surface area contributed by atoms with Crippen molar-refractivity contribution in [2.24, 2.45) is 0 Å². The number of ether oxygens (including phenoxy) is 4. The van der Waals surface area contributed by atoms with Gasteiger partial charge in [-0.2, -0.15) is 0 Å². The summed E-state index contributed by atoms with van der Waals surface area (Å²) in [5.41, 5.74) is 0. The molecule has 0 aliphatic heterocycles. The van der Waals surface area contributed by atoms with Crippen LogP contribution in [0.25, 0.3) is 0 Å². The molecule has 0 spiro atoms. The second kappa shape index (κ2) is 15.2. The van der Waals surface area contributed by atoms with Crippen molar-refractivity contribution in [3.05, 3.63) is 0 Å². The molecule has 2 N–H and O–H groups in total. The smallest absolute Gasteiger partial charge is 0.246 e. The van der Waals surface area contributed by atoms with Crippen LogP contribution in [0.1, 0.15) is 6.92 Å². The molecule has 0 unspecified atom stereocenters. The number of rotatable bonds is 14. The lowest BCUT2D eigenvalue weighted by atomic mass is 10.6. The molecule has 0 heterocycles. The number of hydrogen-bond acceptors (Lipinski definition) is 6. The van der Waals surface area contributed by atoms with Crippen molar-refractivity contribution < 1.29 is 28.5 Å². The van der Waals surface area contributed by atoms with E-state index < -0.39 is 0 Å². The zero-order chi connectivity index (χ0) is 15.8. The van der Waals surface area contributed by atoms with Gasteiger partial charge in [0.2, 0.25) is 11.8 Å². The van der Waals surface area contributed by atoms with Crippen molar-refractivity contribution in [2.75, 3.05) is 66.4 Å². The van der Waals surface area contributed by atoms with Crippen LogP contribution >= 0.6 is 0 Å². The summed E-state index contributed by atoms with van der Waals surface area (Å²) in [4.78, 5) is 21.6. The molecule has 8 nitrogen and oxygen atoms in total. The molecule has 0 aliphatic rings. The molecule has 0 rings (SSSR count). The summed E-state index contributed by atoms with van der Waals surface area (Å²) in [6, 6.07) is 0. The first-order chi connectivity index (χ1) is 10.2. The maximum Gasteiger partial charge on any atom is 0.246 e. The van der Waals surface area contributed by atoms with Gasteiger partial charge >= 0.3 is 0 Å². The highest BCUT2D eigenvalue weighted by molar-refractivity contribution is 5.77. The van der Waals surface area contributed by atoms with E-state index in [0.29, 0.717) is 52.7 Å². The van der Waals surface area contributed by atoms with Gasteiger partial charge in [-0.1, -0.05) is 0 Å². The lowest BCUT2D eigenvalue weighted by Crippen LogP contribution is -2.30. The van der Waals surface area contributed by atoms with Gasteiger partial charge in [0, 0.05) is 27.1 Å². The molecular weight excluding hydrogens is 280 g/mol. The van der Waals surface area contributed by atoms with Crippen LogP contribution in [0.15, 0.2) is 0 Å². The summed E-state index contributed by atoms with van der Waals surface area (Å²) in [5.74, 6) is -0.223. The fourth-order valence-corrected chi connectivity index (χ4v) is 1.29. The van der Waals surface area contributed by atoms with Crippen molar-refractivity contribution in [3.63, 3.8) is 0 Å². The monoisotopic (exact) mass is 306 g/mol. The zero-order valence-corrected chi connectivity index (χ0v) is 12.8. The average Bonchev–Trinajstić information content (AvgIpc) is 2.44. The predicted octanol–water partition coefficient (Wildman–Crippen LogP) is -1.07. The summed E-state index contributed by atoms with van der Waals surface area (Å²) in [6.07, 6.45) is 0. The fraction of sp³-hybridized carbons (Fsp3) is 0.846. The van der Waals surface area contributed by atoms with E-state index in [1.54, 1.807) is 0 Å². The minimum absolute atomic E-state index is 0.0606. The van der Waals surface area contributed by atoms with Crippen molar-refractivity contribution in [2.45, 2.75) is 6.92 Å². The number of methoxy groups -OCH3 is 1. The fourth-order valence-electron chi connectivity index (χ4n) is 1.29. The second-order valence-electron chi connectivity index (χ2n) is 4.10. The summed E-state index contributed by atoms with van der Waals surface area (Å²) in [6.45, 7) is 5.29. The molecular formula is C13H26N2O6. The van der Waals surface area contributed by atoms with Gasteiger partial charge in [0.25, 0.3) is 0 Å². The van der Waals surface area contributed by atoms with E-state index in [-0.39, 0.29) is 18.4 Å². The lowest BCUT2D eigenvalue weighted by molar-refractivity contribution is -0.125. The van der Waals surface area contributed by atoms with Gasteiger partial charge in [-0.25, -0.2) is 0 Å². The van der Waals surface area contributed by atoms with E-state index in [1.807, 2.05) is 0 Å². The SMILES string of the molecule is COCC(=O)NCCOCCOCCOCCNC(C)=O. The quantitative estimate of drug-likeness (QED) is 0.397. The average molecular weight is 306 g/mol. The molecule has 0 atom stereocenters. The highest BCUT2D eigenvalue weighted by Crippen LogP contribution is 1.81. The van der Waals surface area contributed by atoms with Crippen molar-refractivity contribution >= 4 is 11.8 Å². The molecule has 0 aliphatic carbocycles. The van der Waals surface area contributed by atoms with Gasteiger partial charge in [0.15, 0.2) is 0 Å². The highest BCUT2D eigenvalue weighted by atomic mass is 16.5. The summed E-state index contributed by atoms with van der Waals surface area (Å²) >= 11 is 0. The maximum absolute atomic E-state index is 11.0. The molecule has 0 bridgehead atoms.